The van der Waals surface area contributed by atoms with E-state index in [-0.39, 0.29) is 5.91 Å². The highest BCUT2D eigenvalue weighted by Crippen LogP contribution is 2.25. The SMILES string of the molecule is C[C@H](Nc1ccc(NS(C)(=O)=O)cc1)C(=O)Nc1ccc2c(c1)CCC2. The Morgan fingerprint density at radius 3 is 2.27 bits per heavy atom. The fourth-order valence-electron chi connectivity index (χ4n) is 3.06. The van der Waals surface area contributed by atoms with Crippen molar-refractivity contribution in [2.45, 2.75) is 32.2 Å². The summed E-state index contributed by atoms with van der Waals surface area (Å²) < 4.78 is 24.8. The minimum atomic E-state index is -3.30. The summed E-state index contributed by atoms with van der Waals surface area (Å²) in [6.07, 6.45) is 4.46. The van der Waals surface area contributed by atoms with Gasteiger partial charge in [0.1, 0.15) is 6.04 Å². The van der Waals surface area contributed by atoms with E-state index in [1.807, 2.05) is 6.07 Å². The summed E-state index contributed by atoms with van der Waals surface area (Å²) in [6.45, 7) is 1.78. The van der Waals surface area contributed by atoms with Gasteiger partial charge in [0.25, 0.3) is 0 Å². The normalized spacial score (nSPS) is 14.4. The van der Waals surface area contributed by atoms with Crippen LogP contribution in [0.15, 0.2) is 42.5 Å². The van der Waals surface area contributed by atoms with Crippen LogP contribution in [0.5, 0.6) is 0 Å². The first-order valence-corrected chi connectivity index (χ1v) is 10.5. The summed E-state index contributed by atoms with van der Waals surface area (Å²) in [5.74, 6) is -0.124. The number of rotatable bonds is 6. The number of hydrogen-bond donors (Lipinski definition) is 3. The summed E-state index contributed by atoms with van der Waals surface area (Å²) in [4.78, 5) is 12.4. The van der Waals surface area contributed by atoms with Gasteiger partial charge in [-0.3, -0.25) is 9.52 Å². The van der Waals surface area contributed by atoms with Crippen LogP contribution < -0.4 is 15.4 Å². The van der Waals surface area contributed by atoms with Crippen molar-refractivity contribution in [3.05, 3.63) is 53.6 Å². The van der Waals surface area contributed by atoms with Crippen LogP contribution in [-0.4, -0.2) is 26.6 Å². The van der Waals surface area contributed by atoms with Gasteiger partial charge in [0.2, 0.25) is 15.9 Å². The van der Waals surface area contributed by atoms with Gasteiger partial charge < -0.3 is 10.6 Å². The summed E-state index contributed by atoms with van der Waals surface area (Å²) in [5.41, 5.74) is 4.72. The number of carbonyl (C=O) groups is 1. The number of aryl methyl sites for hydroxylation is 2. The molecule has 1 aliphatic rings. The van der Waals surface area contributed by atoms with E-state index in [9.17, 15) is 13.2 Å². The number of nitrogens with one attached hydrogen (secondary N) is 3. The van der Waals surface area contributed by atoms with E-state index in [1.54, 1.807) is 31.2 Å². The van der Waals surface area contributed by atoms with Gasteiger partial charge in [-0.25, -0.2) is 8.42 Å². The predicted octanol–water partition coefficient (Wildman–Crippen LogP) is 2.99. The molecular weight excluding hydrogens is 350 g/mol. The van der Waals surface area contributed by atoms with Crippen LogP contribution in [0.25, 0.3) is 0 Å². The molecule has 0 bridgehead atoms. The molecule has 1 atom stereocenters. The lowest BCUT2D eigenvalue weighted by Crippen LogP contribution is -2.31. The van der Waals surface area contributed by atoms with Crippen molar-refractivity contribution in [3.63, 3.8) is 0 Å². The maximum Gasteiger partial charge on any atom is 0.246 e. The van der Waals surface area contributed by atoms with Crippen molar-refractivity contribution in [1.29, 1.82) is 0 Å². The monoisotopic (exact) mass is 373 g/mol. The number of amides is 1. The lowest BCUT2D eigenvalue weighted by molar-refractivity contribution is -0.116. The molecule has 0 saturated heterocycles. The lowest BCUT2D eigenvalue weighted by Gasteiger charge is -2.16. The molecule has 0 aromatic heterocycles. The Bertz CT molecular complexity index is 908. The molecule has 2 aromatic rings. The number of sulfonamides is 1. The van der Waals surface area contributed by atoms with Gasteiger partial charge in [-0.15, -0.1) is 0 Å². The second-order valence-corrected chi connectivity index (χ2v) is 8.39. The fourth-order valence-corrected chi connectivity index (χ4v) is 3.63. The van der Waals surface area contributed by atoms with Crippen LogP contribution in [0.4, 0.5) is 17.1 Å². The standard InChI is InChI=1S/C19H23N3O3S/c1-13(20-16-8-10-17(11-9-16)22-26(2,24)25)19(23)21-18-7-6-14-4-3-5-15(14)12-18/h6-13,20,22H,3-5H2,1-2H3,(H,21,23)/t13-/m0/s1. The highest BCUT2D eigenvalue weighted by Gasteiger charge is 2.15. The molecule has 2 aromatic carbocycles. The van der Waals surface area contributed by atoms with Crippen LogP contribution in [0.2, 0.25) is 0 Å². The van der Waals surface area contributed by atoms with E-state index in [2.05, 4.69) is 27.5 Å². The number of anilines is 3. The Hall–Kier alpha value is -2.54. The average Bonchev–Trinajstić information content (AvgIpc) is 3.03. The molecule has 3 rings (SSSR count). The molecule has 6 nitrogen and oxygen atoms in total. The molecule has 0 saturated carbocycles. The van der Waals surface area contributed by atoms with Gasteiger partial charge in [-0.1, -0.05) is 6.07 Å². The van der Waals surface area contributed by atoms with E-state index in [1.165, 1.54) is 17.5 Å². The summed E-state index contributed by atoms with van der Waals surface area (Å²) in [5, 5.41) is 6.06. The largest absolute Gasteiger partial charge is 0.374 e. The predicted molar refractivity (Wildman–Crippen MR) is 105 cm³/mol. The first-order chi connectivity index (χ1) is 12.3. The van der Waals surface area contributed by atoms with Crippen LogP contribution in [0.3, 0.4) is 0 Å². The molecule has 138 valence electrons. The Labute approximate surface area is 154 Å². The Morgan fingerprint density at radius 2 is 1.58 bits per heavy atom. The summed E-state index contributed by atoms with van der Waals surface area (Å²) in [6, 6.07) is 12.4. The highest BCUT2D eigenvalue weighted by molar-refractivity contribution is 7.92. The Morgan fingerprint density at radius 1 is 0.962 bits per heavy atom. The third-order valence-corrected chi connectivity index (χ3v) is 4.94. The van der Waals surface area contributed by atoms with E-state index < -0.39 is 16.1 Å². The molecule has 0 aliphatic heterocycles. The van der Waals surface area contributed by atoms with Crippen LogP contribution in [-0.2, 0) is 27.7 Å². The minimum absolute atomic E-state index is 0.124. The van der Waals surface area contributed by atoms with E-state index in [4.69, 9.17) is 0 Å². The third kappa shape index (κ3) is 4.76. The van der Waals surface area contributed by atoms with E-state index in [0.29, 0.717) is 5.69 Å². The van der Waals surface area contributed by atoms with Crippen molar-refractivity contribution >= 4 is 33.0 Å². The van der Waals surface area contributed by atoms with Gasteiger partial charge >= 0.3 is 0 Å². The first-order valence-electron chi connectivity index (χ1n) is 8.57. The van der Waals surface area contributed by atoms with Gasteiger partial charge in [0, 0.05) is 17.1 Å². The number of carbonyl (C=O) groups excluding carboxylic acids is 1. The summed E-state index contributed by atoms with van der Waals surface area (Å²) in [7, 11) is -3.30. The van der Waals surface area contributed by atoms with Gasteiger partial charge in [-0.05, 0) is 73.7 Å². The number of benzene rings is 2. The molecule has 1 aliphatic carbocycles. The number of hydrogen-bond acceptors (Lipinski definition) is 4. The molecule has 3 N–H and O–H groups in total. The average molecular weight is 373 g/mol. The molecule has 0 radical (unpaired) electrons. The molecule has 26 heavy (non-hydrogen) atoms. The molecule has 0 fully saturated rings. The van der Waals surface area contributed by atoms with Crippen molar-refractivity contribution in [2.24, 2.45) is 0 Å². The summed E-state index contributed by atoms with van der Waals surface area (Å²) >= 11 is 0. The van der Waals surface area contributed by atoms with Gasteiger partial charge in [-0.2, -0.15) is 0 Å². The molecular formula is C19H23N3O3S. The van der Waals surface area contributed by atoms with E-state index >= 15 is 0 Å². The first kappa shape index (κ1) is 18.3. The van der Waals surface area contributed by atoms with Crippen LogP contribution in [0, 0.1) is 0 Å². The maximum atomic E-state index is 12.4. The highest BCUT2D eigenvalue weighted by atomic mass is 32.2. The zero-order valence-corrected chi connectivity index (χ0v) is 15.7. The number of fused-ring (bicyclic) bond motifs is 1. The molecule has 1 amide bonds. The molecule has 7 heteroatoms. The lowest BCUT2D eigenvalue weighted by atomic mass is 10.1. The van der Waals surface area contributed by atoms with Crippen molar-refractivity contribution < 1.29 is 13.2 Å². The van der Waals surface area contributed by atoms with Gasteiger partial charge in [0.15, 0.2) is 0 Å². The zero-order chi connectivity index (χ0) is 18.7. The van der Waals surface area contributed by atoms with Crippen LogP contribution in [0.1, 0.15) is 24.5 Å². The van der Waals surface area contributed by atoms with Crippen molar-refractivity contribution in [3.8, 4) is 0 Å². The topological polar surface area (TPSA) is 87.3 Å². The second kappa shape index (κ2) is 7.37. The smallest absolute Gasteiger partial charge is 0.246 e. The Kier molecular flexibility index (Phi) is 5.18. The second-order valence-electron chi connectivity index (χ2n) is 6.64. The van der Waals surface area contributed by atoms with Gasteiger partial charge in [0.05, 0.1) is 6.26 Å². The minimum Gasteiger partial charge on any atom is -0.374 e. The van der Waals surface area contributed by atoms with Crippen molar-refractivity contribution in [2.75, 3.05) is 21.6 Å². The fraction of sp³-hybridized carbons (Fsp3) is 0.316. The quantitative estimate of drug-likeness (QED) is 0.726. The van der Waals surface area contributed by atoms with Crippen molar-refractivity contribution in [1.82, 2.24) is 0 Å². The van der Waals surface area contributed by atoms with Crippen LogP contribution >= 0.6 is 0 Å². The maximum absolute atomic E-state index is 12.4. The molecule has 0 spiro atoms. The Balaban J connectivity index is 1.58. The van der Waals surface area contributed by atoms with E-state index in [0.717, 1.165) is 30.5 Å². The zero-order valence-electron chi connectivity index (χ0n) is 14.9. The third-order valence-electron chi connectivity index (χ3n) is 4.33. The molecule has 0 heterocycles. The molecule has 0 unspecified atom stereocenters.